The molecule has 0 saturated carbocycles. The summed E-state index contributed by atoms with van der Waals surface area (Å²) in [6.45, 7) is 7.52. The number of rotatable bonds is 7. The van der Waals surface area contributed by atoms with Gasteiger partial charge in [0.05, 0.1) is 6.54 Å². The van der Waals surface area contributed by atoms with Crippen molar-refractivity contribution in [3.63, 3.8) is 0 Å². The van der Waals surface area contributed by atoms with E-state index in [1.165, 1.54) is 0 Å². The van der Waals surface area contributed by atoms with Crippen LogP contribution in [0.25, 0.3) is 0 Å². The molecule has 1 rings (SSSR count). The Morgan fingerprint density at radius 1 is 1.38 bits per heavy atom. The molecule has 5 nitrogen and oxygen atoms in total. The summed E-state index contributed by atoms with van der Waals surface area (Å²) in [7, 11) is 0. The topological polar surface area (TPSA) is 71.2 Å². The smallest absolute Gasteiger partial charge is 0.223 e. The van der Waals surface area contributed by atoms with Gasteiger partial charge in [-0.1, -0.05) is 19.0 Å². The fourth-order valence-corrected chi connectivity index (χ4v) is 1.63. The van der Waals surface area contributed by atoms with E-state index in [4.69, 9.17) is 4.52 Å². The summed E-state index contributed by atoms with van der Waals surface area (Å²) in [4.78, 5) is 4.10. The molecule has 0 aliphatic heterocycles. The Kier molecular flexibility index (Phi) is 4.89. The molecule has 0 amide bonds. The van der Waals surface area contributed by atoms with E-state index in [2.05, 4.69) is 29.3 Å². The van der Waals surface area contributed by atoms with E-state index >= 15 is 0 Å². The molecule has 0 radical (unpaired) electrons. The van der Waals surface area contributed by atoms with E-state index in [0.29, 0.717) is 18.3 Å². The minimum Gasteiger partial charge on any atom is -0.396 e. The third-order valence-electron chi connectivity index (χ3n) is 3.19. The van der Waals surface area contributed by atoms with Gasteiger partial charge in [0, 0.05) is 25.5 Å². The first kappa shape index (κ1) is 13.1. The highest BCUT2D eigenvalue weighted by Gasteiger charge is 2.24. The van der Waals surface area contributed by atoms with Crippen LogP contribution in [0.1, 0.15) is 38.4 Å². The predicted molar refractivity (Wildman–Crippen MR) is 60.8 cm³/mol. The van der Waals surface area contributed by atoms with E-state index in [9.17, 15) is 5.11 Å². The molecule has 0 fully saturated rings. The van der Waals surface area contributed by atoms with Crippen molar-refractivity contribution in [2.24, 2.45) is 5.41 Å². The number of hydrogen-bond acceptors (Lipinski definition) is 5. The van der Waals surface area contributed by atoms with Crippen molar-refractivity contribution >= 4 is 0 Å². The third-order valence-corrected chi connectivity index (χ3v) is 3.19. The van der Waals surface area contributed by atoms with Gasteiger partial charge in [0.25, 0.3) is 0 Å². The lowest BCUT2D eigenvalue weighted by Crippen LogP contribution is -2.36. The molecule has 0 aromatic carbocycles. The molecule has 0 unspecified atom stereocenters. The molecule has 0 spiro atoms. The fourth-order valence-electron chi connectivity index (χ4n) is 1.63. The largest absolute Gasteiger partial charge is 0.396 e. The quantitative estimate of drug-likeness (QED) is 0.734. The minimum atomic E-state index is -0.0290. The van der Waals surface area contributed by atoms with Crippen LogP contribution in [-0.2, 0) is 6.54 Å². The van der Waals surface area contributed by atoms with E-state index < -0.39 is 0 Å². The van der Waals surface area contributed by atoms with Crippen molar-refractivity contribution in [3.8, 4) is 0 Å². The molecule has 0 atom stereocenters. The summed E-state index contributed by atoms with van der Waals surface area (Å²) in [6.07, 6.45) is 1.91. The van der Waals surface area contributed by atoms with E-state index in [1.54, 1.807) is 6.92 Å². The summed E-state index contributed by atoms with van der Waals surface area (Å²) in [5.74, 6) is 1.24. The van der Waals surface area contributed by atoms with Gasteiger partial charge in [-0.25, -0.2) is 0 Å². The van der Waals surface area contributed by atoms with Crippen LogP contribution < -0.4 is 5.32 Å². The van der Waals surface area contributed by atoms with Crippen molar-refractivity contribution in [3.05, 3.63) is 11.7 Å². The van der Waals surface area contributed by atoms with Gasteiger partial charge in [0.15, 0.2) is 5.82 Å². The van der Waals surface area contributed by atoms with Crippen LogP contribution in [0.5, 0.6) is 0 Å². The molecule has 2 N–H and O–H groups in total. The second-order valence-corrected chi connectivity index (χ2v) is 4.20. The highest BCUT2D eigenvalue weighted by atomic mass is 16.5. The Morgan fingerprint density at radius 3 is 2.50 bits per heavy atom. The molecular formula is C11H21N3O2. The minimum absolute atomic E-state index is 0.0290. The van der Waals surface area contributed by atoms with Crippen LogP contribution in [-0.4, -0.2) is 28.4 Å². The Balaban J connectivity index is 2.39. The van der Waals surface area contributed by atoms with Crippen molar-refractivity contribution < 1.29 is 9.63 Å². The summed E-state index contributed by atoms with van der Waals surface area (Å²) < 4.78 is 4.88. The van der Waals surface area contributed by atoms with Crippen molar-refractivity contribution in [2.45, 2.75) is 40.2 Å². The van der Waals surface area contributed by atoms with Gasteiger partial charge in [-0.05, 0) is 12.8 Å². The molecule has 16 heavy (non-hydrogen) atoms. The molecular weight excluding hydrogens is 206 g/mol. The van der Waals surface area contributed by atoms with Crippen LogP contribution in [0.4, 0.5) is 0 Å². The SMILES string of the molecule is CCC(CC)(CO)CNCc1noc(C)n1. The van der Waals surface area contributed by atoms with Gasteiger partial charge in [-0.2, -0.15) is 4.98 Å². The maximum atomic E-state index is 9.39. The normalized spacial score (nSPS) is 12.0. The highest BCUT2D eigenvalue weighted by Crippen LogP contribution is 2.24. The zero-order chi connectivity index (χ0) is 12.0. The molecule has 1 aromatic rings. The summed E-state index contributed by atoms with van der Waals surface area (Å²) in [5, 5.41) is 16.5. The van der Waals surface area contributed by atoms with Crippen LogP contribution in [0, 0.1) is 12.3 Å². The van der Waals surface area contributed by atoms with Crippen molar-refractivity contribution in [2.75, 3.05) is 13.2 Å². The molecule has 92 valence electrons. The third kappa shape index (κ3) is 3.28. The molecule has 0 saturated heterocycles. The lowest BCUT2D eigenvalue weighted by atomic mass is 9.83. The molecule has 1 heterocycles. The first-order valence-electron chi connectivity index (χ1n) is 5.76. The van der Waals surface area contributed by atoms with E-state index in [-0.39, 0.29) is 12.0 Å². The number of aliphatic hydroxyl groups excluding tert-OH is 1. The van der Waals surface area contributed by atoms with Gasteiger partial charge >= 0.3 is 0 Å². The first-order valence-corrected chi connectivity index (χ1v) is 5.76. The van der Waals surface area contributed by atoms with Crippen LogP contribution in [0.3, 0.4) is 0 Å². The Bertz CT molecular complexity index is 300. The van der Waals surface area contributed by atoms with E-state index in [0.717, 1.165) is 19.4 Å². The van der Waals surface area contributed by atoms with Crippen LogP contribution in [0.15, 0.2) is 4.52 Å². The maximum absolute atomic E-state index is 9.39. The second-order valence-electron chi connectivity index (χ2n) is 4.20. The lowest BCUT2D eigenvalue weighted by molar-refractivity contribution is 0.112. The highest BCUT2D eigenvalue weighted by molar-refractivity contribution is 4.85. The van der Waals surface area contributed by atoms with Gasteiger partial charge in [0.2, 0.25) is 5.89 Å². The molecule has 0 aliphatic carbocycles. The molecule has 0 aliphatic rings. The lowest BCUT2D eigenvalue weighted by Gasteiger charge is -2.29. The van der Waals surface area contributed by atoms with E-state index in [1.807, 2.05) is 0 Å². The number of aromatic nitrogens is 2. The molecule has 5 heteroatoms. The number of hydrogen-bond donors (Lipinski definition) is 2. The molecule has 0 bridgehead atoms. The van der Waals surface area contributed by atoms with Crippen molar-refractivity contribution in [1.29, 1.82) is 0 Å². The Hall–Kier alpha value is -0.940. The number of aliphatic hydroxyl groups is 1. The summed E-state index contributed by atoms with van der Waals surface area (Å²) in [6, 6.07) is 0. The maximum Gasteiger partial charge on any atom is 0.223 e. The number of nitrogens with one attached hydrogen (secondary N) is 1. The average Bonchev–Trinajstić information content (AvgIpc) is 2.71. The monoisotopic (exact) mass is 227 g/mol. The fraction of sp³-hybridized carbons (Fsp3) is 0.818. The zero-order valence-electron chi connectivity index (χ0n) is 10.3. The van der Waals surface area contributed by atoms with Crippen molar-refractivity contribution in [1.82, 2.24) is 15.5 Å². The molecule has 1 aromatic heterocycles. The second kappa shape index (κ2) is 5.96. The Labute approximate surface area is 96.2 Å². The van der Waals surface area contributed by atoms with Gasteiger partial charge in [-0.15, -0.1) is 0 Å². The van der Waals surface area contributed by atoms with Crippen LogP contribution in [0.2, 0.25) is 0 Å². The van der Waals surface area contributed by atoms with Gasteiger partial charge in [0.1, 0.15) is 0 Å². The summed E-state index contributed by atoms with van der Waals surface area (Å²) in [5.41, 5.74) is -0.0290. The van der Waals surface area contributed by atoms with Crippen LogP contribution >= 0.6 is 0 Å². The standard InChI is InChI=1S/C11H21N3O2/c1-4-11(5-2,8-15)7-12-6-10-13-9(3)16-14-10/h12,15H,4-8H2,1-3H3. The predicted octanol–water partition coefficient (Wildman–Crippen LogP) is 1.27. The summed E-state index contributed by atoms with van der Waals surface area (Å²) >= 11 is 0. The Morgan fingerprint density at radius 2 is 2.06 bits per heavy atom. The average molecular weight is 227 g/mol. The first-order chi connectivity index (χ1) is 7.65. The van der Waals surface area contributed by atoms with Gasteiger partial charge < -0.3 is 14.9 Å². The number of nitrogens with zero attached hydrogens (tertiary/aromatic N) is 2. The number of aryl methyl sites for hydroxylation is 1. The van der Waals surface area contributed by atoms with Gasteiger partial charge in [-0.3, -0.25) is 0 Å². The zero-order valence-corrected chi connectivity index (χ0v) is 10.3.